The molecule has 0 aromatic heterocycles. The summed E-state index contributed by atoms with van der Waals surface area (Å²) in [6, 6.07) is -0.401. The van der Waals surface area contributed by atoms with E-state index in [9.17, 15) is 9.59 Å². The summed E-state index contributed by atoms with van der Waals surface area (Å²) in [7, 11) is 0. The van der Waals surface area contributed by atoms with Gasteiger partial charge in [-0.3, -0.25) is 9.69 Å². The SMILES string of the molecule is O=C(O)CC(NC(=O)N1CCN(CCO)CC1)C1CC1. The predicted octanol–water partition coefficient (Wildman–Crippen LogP) is -0.441. The fraction of sp³-hybridized carbons (Fsp3) is 0.846. The number of nitrogens with zero attached hydrogens (tertiary/aromatic N) is 2. The van der Waals surface area contributed by atoms with Gasteiger partial charge >= 0.3 is 12.0 Å². The van der Waals surface area contributed by atoms with E-state index in [1.54, 1.807) is 4.90 Å². The highest BCUT2D eigenvalue weighted by atomic mass is 16.4. The summed E-state index contributed by atoms with van der Waals surface area (Å²) in [6.07, 6.45) is 2.01. The van der Waals surface area contributed by atoms with Crippen LogP contribution in [0.5, 0.6) is 0 Å². The van der Waals surface area contributed by atoms with Crippen molar-refractivity contribution in [2.45, 2.75) is 25.3 Å². The molecule has 2 fully saturated rings. The topological polar surface area (TPSA) is 93.1 Å². The van der Waals surface area contributed by atoms with Gasteiger partial charge in [-0.25, -0.2) is 4.79 Å². The van der Waals surface area contributed by atoms with Gasteiger partial charge in [-0.2, -0.15) is 0 Å². The molecule has 3 N–H and O–H groups in total. The van der Waals surface area contributed by atoms with Crippen molar-refractivity contribution in [1.82, 2.24) is 15.1 Å². The molecule has 7 nitrogen and oxygen atoms in total. The number of hydrogen-bond acceptors (Lipinski definition) is 4. The van der Waals surface area contributed by atoms with Crippen LogP contribution in [-0.2, 0) is 4.79 Å². The summed E-state index contributed by atoms with van der Waals surface area (Å²) in [5.41, 5.74) is 0. The Balaban J connectivity index is 1.77. The second-order valence-electron chi connectivity index (χ2n) is 5.54. The molecule has 0 radical (unpaired) electrons. The number of rotatable bonds is 6. The third kappa shape index (κ3) is 4.35. The molecular formula is C13H23N3O4. The molecule has 0 bridgehead atoms. The number of amides is 2. The normalized spacial score (nSPS) is 21.6. The minimum absolute atomic E-state index is 0.000877. The van der Waals surface area contributed by atoms with E-state index in [4.69, 9.17) is 10.2 Å². The minimum atomic E-state index is -0.866. The molecule has 1 aliphatic heterocycles. The highest BCUT2D eigenvalue weighted by Crippen LogP contribution is 2.34. The average molecular weight is 285 g/mol. The molecule has 2 rings (SSSR count). The quantitative estimate of drug-likeness (QED) is 0.615. The maximum atomic E-state index is 12.1. The predicted molar refractivity (Wildman–Crippen MR) is 72.4 cm³/mol. The molecule has 1 unspecified atom stereocenters. The number of nitrogens with one attached hydrogen (secondary N) is 1. The van der Waals surface area contributed by atoms with Gasteiger partial charge in [0.15, 0.2) is 0 Å². The lowest BCUT2D eigenvalue weighted by Crippen LogP contribution is -2.54. The van der Waals surface area contributed by atoms with E-state index >= 15 is 0 Å². The summed E-state index contributed by atoms with van der Waals surface area (Å²) < 4.78 is 0. The van der Waals surface area contributed by atoms with Crippen LogP contribution in [0.15, 0.2) is 0 Å². The zero-order valence-corrected chi connectivity index (χ0v) is 11.6. The fourth-order valence-electron chi connectivity index (χ4n) is 2.59. The Morgan fingerprint density at radius 2 is 1.85 bits per heavy atom. The van der Waals surface area contributed by atoms with Crippen molar-refractivity contribution < 1.29 is 19.8 Å². The van der Waals surface area contributed by atoms with Gasteiger partial charge in [0, 0.05) is 38.8 Å². The number of piperazine rings is 1. The van der Waals surface area contributed by atoms with E-state index in [2.05, 4.69) is 10.2 Å². The van der Waals surface area contributed by atoms with Crippen LogP contribution >= 0.6 is 0 Å². The van der Waals surface area contributed by atoms with Crippen LogP contribution in [0, 0.1) is 5.92 Å². The number of aliphatic hydroxyl groups excluding tert-OH is 1. The Morgan fingerprint density at radius 3 is 2.35 bits per heavy atom. The number of carboxylic acids is 1. The number of carbonyl (C=O) groups excluding carboxylic acids is 1. The first-order valence-corrected chi connectivity index (χ1v) is 7.20. The maximum Gasteiger partial charge on any atom is 0.317 e. The number of aliphatic carboxylic acids is 1. The largest absolute Gasteiger partial charge is 0.481 e. The zero-order valence-electron chi connectivity index (χ0n) is 11.6. The summed E-state index contributed by atoms with van der Waals surface area (Å²) >= 11 is 0. The van der Waals surface area contributed by atoms with Crippen LogP contribution in [0.2, 0.25) is 0 Å². The molecule has 0 aromatic carbocycles. The van der Waals surface area contributed by atoms with E-state index in [-0.39, 0.29) is 25.1 Å². The van der Waals surface area contributed by atoms with Gasteiger partial charge in [0.25, 0.3) is 0 Å². The van der Waals surface area contributed by atoms with E-state index in [1.165, 1.54) is 0 Å². The minimum Gasteiger partial charge on any atom is -0.481 e. The Labute approximate surface area is 118 Å². The van der Waals surface area contributed by atoms with E-state index < -0.39 is 5.97 Å². The molecule has 114 valence electrons. The van der Waals surface area contributed by atoms with E-state index in [1.807, 2.05) is 0 Å². The van der Waals surface area contributed by atoms with Crippen LogP contribution in [0.1, 0.15) is 19.3 Å². The first kappa shape index (κ1) is 15.1. The van der Waals surface area contributed by atoms with E-state index in [0.717, 1.165) is 25.9 Å². The van der Waals surface area contributed by atoms with Gasteiger partial charge < -0.3 is 20.4 Å². The zero-order chi connectivity index (χ0) is 14.5. The van der Waals surface area contributed by atoms with Crippen molar-refractivity contribution in [3.8, 4) is 0 Å². The molecule has 1 atom stereocenters. The monoisotopic (exact) mass is 285 g/mol. The molecule has 0 aromatic rings. The molecule has 7 heteroatoms. The van der Waals surface area contributed by atoms with Gasteiger partial charge in [0.1, 0.15) is 0 Å². The standard InChI is InChI=1S/C13H23N3O4/c17-8-7-15-3-5-16(6-4-15)13(20)14-11(9-12(18)19)10-1-2-10/h10-11,17H,1-9H2,(H,14,20)(H,18,19). The third-order valence-corrected chi connectivity index (χ3v) is 3.97. The van der Waals surface area contributed by atoms with Crippen molar-refractivity contribution >= 4 is 12.0 Å². The van der Waals surface area contributed by atoms with E-state index in [0.29, 0.717) is 25.6 Å². The third-order valence-electron chi connectivity index (χ3n) is 3.97. The van der Waals surface area contributed by atoms with Crippen LogP contribution in [0.3, 0.4) is 0 Å². The number of carboxylic acid groups (broad SMARTS) is 1. The fourth-order valence-corrected chi connectivity index (χ4v) is 2.59. The number of β-amino-alcohol motifs (C(OH)–C–C–N with tert-alkyl or cyclic N) is 1. The molecule has 1 heterocycles. The van der Waals surface area contributed by atoms with Crippen molar-refractivity contribution in [1.29, 1.82) is 0 Å². The lowest BCUT2D eigenvalue weighted by molar-refractivity contribution is -0.137. The Bertz CT molecular complexity index is 352. The molecule has 1 aliphatic carbocycles. The number of urea groups is 1. The number of carbonyl (C=O) groups is 2. The lowest BCUT2D eigenvalue weighted by atomic mass is 10.1. The average Bonchev–Trinajstić information content (AvgIpc) is 3.23. The maximum absolute atomic E-state index is 12.1. The second kappa shape index (κ2) is 6.90. The highest BCUT2D eigenvalue weighted by molar-refractivity contribution is 5.76. The van der Waals surface area contributed by atoms with Crippen LogP contribution in [0.25, 0.3) is 0 Å². The van der Waals surface area contributed by atoms with Gasteiger partial charge in [0.2, 0.25) is 0 Å². The van der Waals surface area contributed by atoms with Crippen molar-refractivity contribution in [2.24, 2.45) is 5.92 Å². The first-order valence-electron chi connectivity index (χ1n) is 7.20. The summed E-state index contributed by atoms with van der Waals surface area (Å²) in [5.74, 6) is -0.541. The smallest absolute Gasteiger partial charge is 0.317 e. The number of aliphatic hydroxyl groups is 1. The molecular weight excluding hydrogens is 262 g/mol. The van der Waals surface area contributed by atoms with Crippen molar-refractivity contribution in [2.75, 3.05) is 39.3 Å². The molecule has 2 amide bonds. The Hall–Kier alpha value is -1.34. The summed E-state index contributed by atoms with van der Waals surface area (Å²) in [6.45, 7) is 3.52. The van der Waals surface area contributed by atoms with Gasteiger partial charge in [-0.15, -0.1) is 0 Å². The lowest BCUT2D eigenvalue weighted by Gasteiger charge is -2.35. The first-order chi connectivity index (χ1) is 9.60. The van der Waals surface area contributed by atoms with Gasteiger partial charge in [0.05, 0.1) is 13.0 Å². The molecule has 2 aliphatic rings. The highest BCUT2D eigenvalue weighted by Gasteiger charge is 2.34. The molecule has 1 saturated carbocycles. The number of hydrogen-bond donors (Lipinski definition) is 3. The van der Waals surface area contributed by atoms with Crippen molar-refractivity contribution in [3.05, 3.63) is 0 Å². The van der Waals surface area contributed by atoms with Gasteiger partial charge in [-0.1, -0.05) is 0 Å². The van der Waals surface area contributed by atoms with Crippen LogP contribution in [0.4, 0.5) is 4.79 Å². The Morgan fingerprint density at radius 1 is 1.20 bits per heavy atom. The summed E-state index contributed by atoms with van der Waals surface area (Å²) in [5, 5.41) is 20.6. The molecule has 1 saturated heterocycles. The van der Waals surface area contributed by atoms with Crippen molar-refractivity contribution in [3.63, 3.8) is 0 Å². The molecule has 0 spiro atoms. The van der Waals surface area contributed by atoms with Gasteiger partial charge in [-0.05, 0) is 18.8 Å². The van der Waals surface area contributed by atoms with Crippen LogP contribution in [-0.4, -0.2) is 77.4 Å². The summed E-state index contributed by atoms with van der Waals surface area (Å²) in [4.78, 5) is 26.8. The second-order valence-corrected chi connectivity index (χ2v) is 5.54. The molecule has 20 heavy (non-hydrogen) atoms. The Kier molecular flexibility index (Phi) is 5.19. The van der Waals surface area contributed by atoms with Crippen LogP contribution < -0.4 is 5.32 Å².